The van der Waals surface area contributed by atoms with Crippen LogP contribution in [0.2, 0.25) is 0 Å². The minimum Gasteiger partial charge on any atom is -0.493 e. The van der Waals surface area contributed by atoms with Crippen LogP contribution in [-0.4, -0.2) is 36.2 Å². The molecule has 1 aromatic heterocycles. The highest BCUT2D eigenvalue weighted by Crippen LogP contribution is 2.28. The van der Waals surface area contributed by atoms with Gasteiger partial charge in [-0.05, 0) is 30.3 Å². The number of ketones is 1. The van der Waals surface area contributed by atoms with Crippen LogP contribution in [0.3, 0.4) is 0 Å². The van der Waals surface area contributed by atoms with Crippen LogP contribution in [0.5, 0.6) is 11.5 Å². The van der Waals surface area contributed by atoms with Crippen molar-refractivity contribution in [3.05, 3.63) is 60.0 Å². The van der Waals surface area contributed by atoms with Crippen LogP contribution >= 0.6 is 0 Å². The van der Waals surface area contributed by atoms with Crippen molar-refractivity contribution in [1.82, 2.24) is 10.2 Å². The third kappa shape index (κ3) is 5.19. The van der Waals surface area contributed by atoms with E-state index < -0.39 is 5.97 Å². The van der Waals surface area contributed by atoms with Gasteiger partial charge in [0.1, 0.15) is 0 Å². The third-order valence-electron chi connectivity index (χ3n) is 4.11. The molecule has 0 fully saturated rings. The molecule has 8 nitrogen and oxygen atoms in total. The molecule has 0 aliphatic rings. The van der Waals surface area contributed by atoms with E-state index in [4.69, 9.17) is 18.6 Å². The summed E-state index contributed by atoms with van der Waals surface area (Å²) in [5.41, 5.74) is 1.21. The largest absolute Gasteiger partial charge is 0.493 e. The molecule has 8 heteroatoms. The Morgan fingerprint density at radius 2 is 1.69 bits per heavy atom. The van der Waals surface area contributed by atoms with E-state index in [2.05, 4.69) is 10.2 Å². The quantitative estimate of drug-likeness (QED) is 0.400. The van der Waals surface area contributed by atoms with Crippen LogP contribution in [0.1, 0.15) is 29.1 Å². The molecule has 0 atom stereocenters. The van der Waals surface area contributed by atoms with Gasteiger partial charge >= 0.3 is 5.97 Å². The van der Waals surface area contributed by atoms with Gasteiger partial charge in [-0.3, -0.25) is 9.59 Å². The van der Waals surface area contributed by atoms with Crippen molar-refractivity contribution < 1.29 is 28.2 Å². The lowest BCUT2D eigenvalue weighted by molar-refractivity contribution is -0.145. The number of Topliss-reactive ketones (excluding diaryl/α,β-unsaturated/α-hetero) is 1. The second-order valence-corrected chi connectivity index (χ2v) is 6.02. The summed E-state index contributed by atoms with van der Waals surface area (Å²) in [6.07, 6.45) is -0.0553. The second-order valence-electron chi connectivity index (χ2n) is 6.02. The number of aromatic nitrogens is 2. The highest BCUT2D eigenvalue weighted by atomic mass is 16.5. The van der Waals surface area contributed by atoms with Gasteiger partial charge in [-0.1, -0.05) is 18.2 Å². The standard InChI is InChI=1S/C21H20N2O6/c1-26-17-10-8-15(12-18(17)27-2)16(24)9-11-20(25)28-13-19-22-23-21(29-19)14-6-4-3-5-7-14/h3-8,10,12H,9,11,13H2,1-2H3. The highest BCUT2D eigenvalue weighted by Gasteiger charge is 2.15. The minimum atomic E-state index is -0.529. The van der Waals surface area contributed by atoms with Gasteiger partial charge in [-0.25, -0.2) is 0 Å². The number of hydrogen-bond donors (Lipinski definition) is 0. The predicted octanol–water partition coefficient (Wildman–Crippen LogP) is 3.46. The zero-order chi connectivity index (χ0) is 20.6. The van der Waals surface area contributed by atoms with Gasteiger partial charge in [0.2, 0.25) is 5.89 Å². The molecule has 3 aromatic rings. The average molecular weight is 396 g/mol. The molecule has 0 aliphatic carbocycles. The second kappa shape index (κ2) is 9.50. The van der Waals surface area contributed by atoms with Crippen LogP contribution in [0, 0.1) is 0 Å². The molecule has 0 amide bonds. The fraction of sp³-hybridized carbons (Fsp3) is 0.238. The fourth-order valence-electron chi connectivity index (χ4n) is 2.59. The van der Waals surface area contributed by atoms with Crippen molar-refractivity contribution in [2.24, 2.45) is 0 Å². The van der Waals surface area contributed by atoms with Gasteiger partial charge < -0.3 is 18.6 Å². The maximum atomic E-state index is 12.3. The van der Waals surface area contributed by atoms with Crippen LogP contribution in [0.25, 0.3) is 11.5 Å². The zero-order valence-electron chi connectivity index (χ0n) is 16.1. The van der Waals surface area contributed by atoms with E-state index in [0.29, 0.717) is 23.0 Å². The Morgan fingerprint density at radius 3 is 2.41 bits per heavy atom. The van der Waals surface area contributed by atoms with Crippen molar-refractivity contribution in [1.29, 1.82) is 0 Å². The van der Waals surface area contributed by atoms with Gasteiger partial charge in [0, 0.05) is 17.5 Å². The van der Waals surface area contributed by atoms with E-state index in [1.165, 1.54) is 14.2 Å². The van der Waals surface area contributed by atoms with Crippen molar-refractivity contribution in [3.63, 3.8) is 0 Å². The van der Waals surface area contributed by atoms with E-state index in [0.717, 1.165) is 5.56 Å². The molecule has 0 saturated heterocycles. The zero-order valence-corrected chi connectivity index (χ0v) is 16.1. The number of esters is 1. The van der Waals surface area contributed by atoms with E-state index in [-0.39, 0.29) is 31.1 Å². The Hall–Kier alpha value is -3.68. The molecule has 0 radical (unpaired) electrons. The molecule has 3 rings (SSSR count). The van der Waals surface area contributed by atoms with Crippen molar-refractivity contribution >= 4 is 11.8 Å². The minimum absolute atomic E-state index is 0.00736. The number of rotatable bonds is 9. The number of benzene rings is 2. The van der Waals surface area contributed by atoms with Gasteiger partial charge in [-0.15, -0.1) is 10.2 Å². The lowest BCUT2D eigenvalue weighted by Crippen LogP contribution is -2.08. The molecule has 2 aromatic carbocycles. The van der Waals surface area contributed by atoms with Gasteiger partial charge in [0.25, 0.3) is 5.89 Å². The summed E-state index contributed by atoms with van der Waals surface area (Å²) in [5.74, 6) is 0.776. The van der Waals surface area contributed by atoms with Crippen molar-refractivity contribution in [2.75, 3.05) is 14.2 Å². The molecule has 0 spiro atoms. The first kappa shape index (κ1) is 20.1. The van der Waals surface area contributed by atoms with Crippen LogP contribution in [-0.2, 0) is 16.1 Å². The Bertz CT molecular complexity index is 984. The fourth-order valence-corrected chi connectivity index (χ4v) is 2.59. The van der Waals surface area contributed by atoms with E-state index in [9.17, 15) is 9.59 Å². The Kier molecular flexibility index (Phi) is 6.57. The topological polar surface area (TPSA) is 101 Å². The third-order valence-corrected chi connectivity index (χ3v) is 4.11. The van der Waals surface area contributed by atoms with E-state index in [1.807, 2.05) is 30.3 Å². The molecular formula is C21H20N2O6. The Labute approximate surface area is 167 Å². The molecule has 0 saturated carbocycles. The lowest BCUT2D eigenvalue weighted by Gasteiger charge is -2.09. The number of carbonyl (C=O) groups is 2. The molecule has 150 valence electrons. The van der Waals surface area contributed by atoms with Crippen LogP contribution in [0.4, 0.5) is 0 Å². The first-order valence-electron chi connectivity index (χ1n) is 8.89. The summed E-state index contributed by atoms with van der Waals surface area (Å²) in [6, 6.07) is 14.1. The SMILES string of the molecule is COc1ccc(C(=O)CCC(=O)OCc2nnc(-c3ccccc3)o2)cc1OC. The summed E-state index contributed by atoms with van der Waals surface area (Å²) < 4.78 is 20.9. The summed E-state index contributed by atoms with van der Waals surface area (Å²) in [5, 5.41) is 7.78. The summed E-state index contributed by atoms with van der Waals surface area (Å²) in [6.45, 7) is -0.150. The number of carbonyl (C=O) groups excluding carboxylic acids is 2. The Morgan fingerprint density at radius 1 is 0.931 bits per heavy atom. The van der Waals surface area contributed by atoms with Gasteiger partial charge in [0.05, 0.1) is 20.6 Å². The maximum Gasteiger partial charge on any atom is 0.306 e. The lowest BCUT2D eigenvalue weighted by atomic mass is 10.1. The smallest absolute Gasteiger partial charge is 0.306 e. The van der Waals surface area contributed by atoms with Crippen molar-refractivity contribution in [2.45, 2.75) is 19.4 Å². The molecule has 0 unspecified atom stereocenters. The molecule has 0 bridgehead atoms. The molecule has 1 heterocycles. The molecule has 29 heavy (non-hydrogen) atoms. The normalized spacial score (nSPS) is 10.4. The number of ether oxygens (including phenoxy) is 3. The van der Waals surface area contributed by atoms with Crippen LogP contribution < -0.4 is 9.47 Å². The van der Waals surface area contributed by atoms with E-state index in [1.54, 1.807) is 18.2 Å². The summed E-state index contributed by atoms with van der Waals surface area (Å²) in [4.78, 5) is 24.2. The Balaban J connectivity index is 1.49. The first-order chi connectivity index (χ1) is 14.1. The number of hydrogen-bond acceptors (Lipinski definition) is 8. The average Bonchev–Trinajstić information content (AvgIpc) is 3.25. The van der Waals surface area contributed by atoms with Gasteiger partial charge in [-0.2, -0.15) is 0 Å². The maximum absolute atomic E-state index is 12.3. The summed E-state index contributed by atoms with van der Waals surface area (Å²) >= 11 is 0. The number of nitrogens with zero attached hydrogens (tertiary/aromatic N) is 2. The van der Waals surface area contributed by atoms with Crippen molar-refractivity contribution in [3.8, 4) is 23.0 Å². The highest BCUT2D eigenvalue weighted by molar-refractivity contribution is 5.98. The molecule has 0 aliphatic heterocycles. The van der Waals surface area contributed by atoms with E-state index >= 15 is 0 Å². The predicted molar refractivity (Wildman–Crippen MR) is 103 cm³/mol. The summed E-state index contributed by atoms with van der Waals surface area (Å²) in [7, 11) is 3.01. The monoisotopic (exact) mass is 396 g/mol. The van der Waals surface area contributed by atoms with Gasteiger partial charge in [0.15, 0.2) is 23.9 Å². The molecule has 0 N–H and O–H groups in total. The van der Waals surface area contributed by atoms with Crippen LogP contribution in [0.15, 0.2) is 52.9 Å². The molecular weight excluding hydrogens is 376 g/mol. The number of methoxy groups -OCH3 is 2. The first-order valence-corrected chi connectivity index (χ1v) is 8.89.